The minimum absolute atomic E-state index is 0.0226. The number of phenolic OH excluding ortho intramolecular Hbond substituents is 1. The highest BCUT2D eigenvalue weighted by atomic mass is 16.5. The van der Waals surface area contributed by atoms with Crippen LogP contribution in [0.25, 0.3) is 0 Å². The van der Waals surface area contributed by atoms with E-state index in [0.717, 1.165) is 33.9 Å². The maximum absolute atomic E-state index is 10.4. The maximum Gasteiger partial charge on any atom is 0.214 e. The smallest absolute Gasteiger partial charge is 0.214 e. The molecule has 0 amide bonds. The summed E-state index contributed by atoms with van der Waals surface area (Å²) in [6.07, 6.45) is 0.237. The molecule has 1 N–H and O–H groups in total. The number of methoxy groups -OCH3 is 2. The van der Waals surface area contributed by atoms with Gasteiger partial charge in [-0.1, -0.05) is 24.3 Å². The fraction of sp³-hybridized carbons (Fsp3) is 0.208. The highest BCUT2D eigenvalue weighted by molar-refractivity contribution is 6.04. The lowest BCUT2D eigenvalue weighted by molar-refractivity contribution is -0.0209. The van der Waals surface area contributed by atoms with Crippen molar-refractivity contribution in [1.29, 1.82) is 0 Å². The minimum Gasteiger partial charge on any atom is -0.507 e. The van der Waals surface area contributed by atoms with Gasteiger partial charge in [-0.2, -0.15) is 5.10 Å². The monoisotopic (exact) mass is 402 g/mol. The van der Waals surface area contributed by atoms with Crippen molar-refractivity contribution in [2.45, 2.75) is 18.7 Å². The number of hydrogen-bond donors (Lipinski definition) is 1. The Labute approximate surface area is 174 Å². The molecule has 0 unspecified atom stereocenters. The number of rotatable bonds is 4. The minimum atomic E-state index is -0.423. The van der Waals surface area contributed by atoms with Crippen molar-refractivity contribution in [3.8, 4) is 23.0 Å². The molecule has 2 aliphatic rings. The zero-order chi connectivity index (χ0) is 20.7. The van der Waals surface area contributed by atoms with Gasteiger partial charge in [-0.05, 0) is 42.5 Å². The van der Waals surface area contributed by atoms with E-state index in [1.807, 2.05) is 65.7 Å². The first-order valence-corrected chi connectivity index (χ1v) is 9.81. The summed E-state index contributed by atoms with van der Waals surface area (Å²) in [4.78, 5) is 0. The first-order valence-electron chi connectivity index (χ1n) is 9.81. The molecule has 3 aromatic carbocycles. The fourth-order valence-electron chi connectivity index (χ4n) is 4.11. The molecule has 6 heteroatoms. The summed E-state index contributed by atoms with van der Waals surface area (Å²) < 4.78 is 17.3. The standard InChI is InChI=1S/C24H22N2O4/c1-28-16-12-10-15(11-13-16)24-26-20(18-7-5-9-22(29-2)23(18)30-24)14-19(25-26)17-6-3-4-8-21(17)27/h3-13,20,24,27H,14H2,1-2H3/t20-,24-/m0/s1. The second kappa shape index (κ2) is 7.30. The van der Waals surface area contributed by atoms with E-state index in [1.54, 1.807) is 20.3 Å². The Balaban J connectivity index is 1.62. The van der Waals surface area contributed by atoms with Gasteiger partial charge < -0.3 is 19.3 Å². The summed E-state index contributed by atoms with van der Waals surface area (Å²) in [5.74, 6) is 2.44. The van der Waals surface area contributed by atoms with E-state index < -0.39 is 6.23 Å². The maximum atomic E-state index is 10.4. The first kappa shape index (κ1) is 18.4. The van der Waals surface area contributed by atoms with E-state index in [1.165, 1.54) is 0 Å². The molecule has 6 nitrogen and oxygen atoms in total. The summed E-state index contributed by atoms with van der Waals surface area (Å²) in [7, 11) is 3.29. The molecule has 5 rings (SSSR count). The van der Waals surface area contributed by atoms with E-state index in [2.05, 4.69) is 0 Å². The third-order valence-corrected chi connectivity index (χ3v) is 5.62. The third kappa shape index (κ3) is 2.92. The van der Waals surface area contributed by atoms with Gasteiger partial charge in [0.25, 0.3) is 0 Å². The van der Waals surface area contributed by atoms with Gasteiger partial charge in [0.15, 0.2) is 11.5 Å². The number of benzene rings is 3. The summed E-state index contributed by atoms with van der Waals surface area (Å²) in [6.45, 7) is 0. The molecule has 0 bridgehead atoms. The lowest BCUT2D eigenvalue weighted by Gasteiger charge is -2.38. The Morgan fingerprint density at radius 2 is 1.77 bits per heavy atom. The first-order chi connectivity index (χ1) is 14.7. The molecule has 2 heterocycles. The highest BCUT2D eigenvalue weighted by Gasteiger charge is 2.42. The van der Waals surface area contributed by atoms with Crippen LogP contribution in [0.1, 0.15) is 35.4 Å². The number of ether oxygens (including phenoxy) is 3. The molecular weight excluding hydrogens is 380 g/mol. The number of hydrazone groups is 1. The molecule has 152 valence electrons. The largest absolute Gasteiger partial charge is 0.507 e. The van der Waals surface area contributed by atoms with Gasteiger partial charge in [0, 0.05) is 23.1 Å². The molecule has 0 aromatic heterocycles. The van der Waals surface area contributed by atoms with Crippen molar-refractivity contribution < 1.29 is 19.3 Å². The van der Waals surface area contributed by atoms with Crippen molar-refractivity contribution in [3.63, 3.8) is 0 Å². The van der Waals surface area contributed by atoms with Crippen molar-refractivity contribution in [1.82, 2.24) is 5.01 Å². The zero-order valence-electron chi connectivity index (χ0n) is 16.8. The predicted octanol–water partition coefficient (Wildman–Crippen LogP) is 4.65. The average Bonchev–Trinajstić information content (AvgIpc) is 3.24. The van der Waals surface area contributed by atoms with Gasteiger partial charge >= 0.3 is 0 Å². The molecule has 0 aliphatic carbocycles. The van der Waals surface area contributed by atoms with E-state index in [0.29, 0.717) is 12.2 Å². The molecular formula is C24H22N2O4. The molecule has 2 atom stereocenters. The third-order valence-electron chi connectivity index (χ3n) is 5.62. The number of hydrogen-bond acceptors (Lipinski definition) is 6. The van der Waals surface area contributed by atoms with Crippen LogP contribution in [0.3, 0.4) is 0 Å². The second-order valence-corrected chi connectivity index (χ2v) is 7.29. The molecule has 0 spiro atoms. The van der Waals surface area contributed by atoms with Crippen molar-refractivity contribution in [2.24, 2.45) is 5.10 Å². The summed E-state index contributed by atoms with van der Waals surface area (Å²) in [6, 6.07) is 21.0. The number of para-hydroxylation sites is 2. The Morgan fingerprint density at radius 1 is 0.967 bits per heavy atom. The molecule has 0 radical (unpaired) electrons. The van der Waals surface area contributed by atoms with Gasteiger partial charge in [0.05, 0.1) is 26.0 Å². The van der Waals surface area contributed by atoms with Crippen LogP contribution in [-0.4, -0.2) is 30.0 Å². The Bertz CT molecular complexity index is 1110. The van der Waals surface area contributed by atoms with Crippen LogP contribution in [0.5, 0.6) is 23.0 Å². The van der Waals surface area contributed by atoms with Crippen LogP contribution in [0.2, 0.25) is 0 Å². The lowest BCUT2D eigenvalue weighted by atomic mass is 9.95. The molecule has 0 saturated carbocycles. The van der Waals surface area contributed by atoms with Crippen LogP contribution in [-0.2, 0) is 0 Å². The molecule has 3 aromatic rings. The Hall–Kier alpha value is -3.67. The summed E-state index contributed by atoms with van der Waals surface area (Å²) in [5, 5.41) is 17.2. The van der Waals surface area contributed by atoms with E-state index in [9.17, 15) is 5.11 Å². The summed E-state index contributed by atoms with van der Waals surface area (Å²) >= 11 is 0. The highest BCUT2D eigenvalue weighted by Crippen LogP contribution is 2.51. The fourth-order valence-corrected chi connectivity index (χ4v) is 4.11. The van der Waals surface area contributed by atoms with Gasteiger partial charge in [-0.3, -0.25) is 0 Å². The second-order valence-electron chi connectivity index (χ2n) is 7.29. The van der Waals surface area contributed by atoms with Crippen molar-refractivity contribution >= 4 is 5.71 Å². The van der Waals surface area contributed by atoms with E-state index in [-0.39, 0.29) is 11.8 Å². The van der Waals surface area contributed by atoms with Crippen LogP contribution in [0.15, 0.2) is 71.8 Å². The van der Waals surface area contributed by atoms with Gasteiger partial charge in [0.2, 0.25) is 6.23 Å². The Morgan fingerprint density at radius 3 is 2.50 bits per heavy atom. The van der Waals surface area contributed by atoms with Crippen LogP contribution in [0, 0.1) is 0 Å². The van der Waals surface area contributed by atoms with Gasteiger partial charge in [-0.15, -0.1) is 0 Å². The van der Waals surface area contributed by atoms with Crippen LogP contribution < -0.4 is 14.2 Å². The average molecular weight is 402 g/mol. The molecule has 0 saturated heterocycles. The van der Waals surface area contributed by atoms with Crippen molar-refractivity contribution in [2.75, 3.05) is 14.2 Å². The van der Waals surface area contributed by atoms with Crippen molar-refractivity contribution in [3.05, 3.63) is 83.4 Å². The summed E-state index contributed by atoms with van der Waals surface area (Å²) in [5.41, 5.74) is 3.55. The number of phenols is 1. The predicted molar refractivity (Wildman–Crippen MR) is 113 cm³/mol. The molecule has 30 heavy (non-hydrogen) atoms. The number of fused-ring (bicyclic) bond motifs is 3. The van der Waals surface area contributed by atoms with Gasteiger partial charge in [-0.25, -0.2) is 5.01 Å². The number of nitrogens with zero attached hydrogens (tertiary/aromatic N) is 2. The van der Waals surface area contributed by atoms with E-state index >= 15 is 0 Å². The molecule has 0 fully saturated rings. The van der Waals surface area contributed by atoms with E-state index in [4.69, 9.17) is 19.3 Å². The normalized spacial score (nSPS) is 19.4. The topological polar surface area (TPSA) is 63.5 Å². The van der Waals surface area contributed by atoms with Gasteiger partial charge in [0.1, 0.15) is 11.5 Å². The lowest BCUT2D eigenvalue weighted by Crippen LogP contribution is -2.33. The SMILES string of the molecule is COc1ccc([C@@H]2Oc3c(OC)cccc3[C@@H]3CC(c4ccccc4O)=NN32)cc1. The van der Waals surface area contributed by atoms with Crippen LogP contribution >= 0.6 is 0 Å². The van der Waals surface area contributed by atoms with Crippen LogP contribution in [0.4, 0.5) is 0 Å². The number of aromatic hydroxyl groups is 1. The quantitative estimate of drug-likeness (QED) is 0.688. The molecule has 2 aliphatic heterocycles. The zero-order valence-corrected chi connectivity index (χ0v) is 16.8. The Kier molecular flexibility index (Phi) is 4.47.